The van der Waals surface area contributed by atoms with E-state index in [1.54, 1.807) is 5.54 Å². The van der Waals surface area contributed by atoms with E-state index in [2.05, 4.69) is 69.4 Å². The summed E-state index contributed by atoms with van der Waals surface area (Å²) in [6, 6.07) is 16.5. The van der Waals surface area contributed by atoms with Gasteiger partial charge in [-0.05, 0) is 68.4 Å². The lowest BCUT2D eigenvalue weighted by Crippen LogP contribution is -1.93. The van der Waals surface area contributed by atoms with Gasteiger partial charge in [0.2, 0.25) is 0 Å². The van der Waals surface area contributed by atoms with Crippen molar-refractivity contribution >= 4 is 62.4 Å². The van der Waals surface area contributed by atoms with E-state index in [4.69, 9.17) is 11.6 Å². The molecular formula is C14H9ClI2. The summed E-state index contributed by atoms with van der Waals surface area (Å²) in [6.07, 6.45) is 0. The molecule has 0 N–H and O–H groups in total. The molecule has 0 saturated heterocycles. The lowest BCUT2D eigenvalue weighted by atomic mass is 10.00. The number of hydrogen-bond acceptors (Lipinski definition) is 0. The Hall–Kier alpha value is -0.0700. The molecule has 0 heterocycles. The van der Waals surface area contributed by atoms with Crippen LogP contribution in [0.25, 0.3) is 5.57 Å². The minimum Gasteiger partial charge on any atom is -0.0923 e. The first-order chi connectivity index (χ1) is 8.24. The third-order valence-electron chi connectivity index (χ3n) is 2.44. The maximum absolute atomic E-state index is 6.01. The van der Waals surface area contributed by atoms with Crippen LogP contribution in [-0.4, -0.2) is 0 Å². The molecule has 0 aliphatic carbocycles. The van der Waals surface area contributed by atoms with E-state index in [0.29, 0.717) is 0 Å². The van der Waals surface area contributed by atoms with E-state index in [1.165, 1.54) is 18.3 Å². The highest BCUT2D eigenvalue weighted by Gasteiger charge is 2.10. The van der Waals surface area contributed by atoms with Crippen LogP contribution in [0.2, 0.25) is 0 Å². The molecule has 0 fully saturated rings. The van der Waals surface area contributed by atoms with Gasteiger partial charge in [-0.15, -0.1) is 0 Å². The number of rotatable bonds is 2. The highest BCUT2D eigenvalue weighted by Crippen LogP contribution is 2.30. The van der Waals surface area contributed by atoms with Crippen LogP contribution in [0, 0.1) is 7.14 Å². The van der Waals surface area contributed by atoms with Crippen LogP contribution in [0.1, 0.15) is 11.1 Å². The number of hydrogen-bond donors (Lipinski definition) is 0. The summed E-state index contributed by atoms with van der Waals surface area (Å²) in [7, 11) is 0. The minimum absolute atomic E-state index is 1.07. The molecule has 17 heavy (non-hydrogen) atoms. The summed E-state index contributed by atoms with van der Waals surface area (Å²) in [4.78, 5) is 0. The van der Waals surface area contributed by atoms with E-state index in [-0.39, 0.29) is 0 Å². The van der Waals surface area contributed by atoms with Crippen molar-refractivity contribution in [2.45, 2.75) is 0 Å². The summed E-state index contributed by atoms with van der Waals surface area (Å²) in [5.74, 6) is 0. The second kappa shape index (κ2) is 6.20. The minimum atomic E-state index is 1.07. The van der Waals surface area contributed by atoms with Crippen molar-refractivity contribution in [3.8, 4) is 0 Å². The highest BCUT2D eigenvalue weighted by molar-refractivity contribution is 14.1. The van der Waals surface area contributed by atoms with Gasteiger partial charge in [0.1, 0.15) is 0 Å². The zero-order valence-electron chi connectivity index (χ0n) is 8.83. The monoisotopic (exact) mass is 466 g/mol. The first-order valence-electron chi connectivity index (χ1n) is 5.04. The van der Waals surface area contributed by atoms with Gasteiger partial charge in [0.05, 0.1) is 0 Å². The van der Waals surface area contributed by atoms with Crippen LogP contribution in [0.15, 0.2) is 54.1 Å². The molecule has 0 nitrogen and oxygen atoms in total. The highest BCUT2D eigenvalue weighted by atomic mass is 127. The summed E-state index contributed by atoms with van der Waals surface area (Å²) in [5.41, 5.74) is 5.08. The Kier molecular flexibility index (Phi) is 4.87. The Morgan fingerprint density at radius 2 is 1.24 bits per heavy atom. The van der Waals surface area contributed by atoms with E-state index in [9.17, 15) is 0 Å². The Bertz CT molecular complexity index is 514. The normalized spacial score (nSPS) is 10.1. The molecular weight excluding hydrogens is 457 g/mol. The largest absolute Gasteiger partial charge is 0.0923 e. The molecule has 0 spiro atoms. The van der Waals surface area contributed by atoms with Crippen molar-refractivity contribution in [3.63, 3.8) is 0 Å². The maximum atomic E-state index is 6.01. The van der Waals surface area contributed by atoms with Crippen molar-refractivity contribution in [2.75, 3.05) is 0 Å². The molecule has 0 aliphatic heterocycles. The molecule has 86 valence electrons. The standard InChI is InChI=1S/C14H9ClI2/c15-9-12(10-5-1-3-7-13(10)16)11-6-2-4-8-14(11)17/h1-9H. The molecule has 0 amide bonds. The average molecular weight is 466 g/mol. The second-order valence-electron chi connectivity index (χ2n) is 3.48. The first kappa shape index (κ1) is 13.4. The van der Waals surface area contributed by atoms with Gasteiger partial charge in [-0.3, -0.25) is 0 Å². The Labute approximate surface area is 133 Å². The van der Waals surface area contributed by atoms with Crippen LogP contribution >= 0.6 is 56.8 Å². The quantitative estimate of drug-likeness (QED) is 0.511. The molecule has 0 aromatic heterocycles. The van der Waals surface area contributed by atoms with Crippen molar-refractivity contribution in [1.29, 1.82) is 0 Å². The SMILES string of the molecule is ClC=C(c1ccccc1I)c1ccccc1I. The Morgan fingerprint density at radius 1 is 0.824 bits per heavy atom. The Balaban J connectivity index is 2.57. The van der Waals surface area contributed by atoms with Gasteiger partial charge in [0.15, 0.2) is 0 Å². The topological polar surface area (TPSA) is 0 Å². The molecule has 2 aromatic rings. The van der Waals surface area contributed by atoms with Gasteiger partial charge in [0, 0.05) is 18.2 Å². The van der Waals surface area contributed by atoms with Crippen molar-refractivity contribution < 1.29 is 0 Å². The summed E-state index contributed by atoms with van der Waals surface area (Å²) in [5, 5.41) is 0. The second-order valence-corrected chi connectivity index (χ2v) is 6.03. The molecule has 0 saturated carbocycles. The van der Waals surface area contributed by atoms with Crippen LogP contribution in [0.5, 0.6) is 0 Å². The third-order valence-corrected chi connectivity index (χ3v) is 4.54. The fourth-order valence-corrected chi connectivity index (χ4v) is 3.21. The molecule has 0 atom stereocenters. The smallest absolute Gasteiger partial charge is 0.0209 e. The lowest BCUT2D eigenvalue weighted by molar-refractivity contribution is 1.49. The van der Waals surface area contributed by atoms with Gasteiger partial charge in [-0.2, -0.15) is 0 Å². The third kappa shape index (κ3) is 3.03. The van der Waals surface area contributed by atoms with Crippen LogP contribution < -0.4 is 0 Å². The molecule has 0 unspecified atom stereocenters. The van der Waals surface area contributed by atoms with Crippen LogP contribution in [0.3, 0.4) is 0 Å². The van der Waals surface area contributed by atoms with Gasteiger partial charge in [0.25, 0.3) is 0 Å². The molecule has 2 aromatic carbocycles. The lowest BCUT2D eigenvalue weighted by Gasteiger charge is -2.10. The molecule has 0 radical (unpaired) electrons. The summed E-state index contributed by atoms with van der Waals surface area (Å²) < 4.78 is 2.41. The molecule has 3 heteroatoms. The number of halogens is 3. The maximum Gasteiger partial charge on any atom is 0.0209 e. The van der Waals surface area contributed by atoms with E-state index >= 15 is 0 Å². The fourth-order valence-electron chi connectivity index (χ4n) is 1.62. The van der Waals surface area contributed by atoms with Crippen LogP contribution in [-0.2, 0) is 0 Å². The first-order valence-corrected chi connectivity index (χ1v) is 7.63. The van der Waals surface area contributed by atoms with Crippen molar-refractivity contribution in [1.82, 2.24) is 0 Å². The average Bonchev–Trinajstić information content (AvgIpc) is 2.34. The predicted molar refractivity (Wildman–Crippen MR) is 91.3 cm³/mol. The van der Waals surface area contributed by atoms with E-state index in [0.717, 1.165) is 5.57 Å². The van der Waals surface area contributed by atoms with Crippen LogP contribution in [0.4, 0.5) is 0 Å². The van der Waals surface area contributed by atoms with E-state index < -0.39 is 0 Å². The van der Waals surface area contributed by atoms with Gasteiger partial charge in [-0.1, -0.05) is 48.0 Å². The van der Waals surface area contributed by atoms with E-state index in [1.807, 2.05) is 24.3 Å². The van der Waals surface area contributed by atoms with Gasteiger partial charge >= 0.3 is 0 Å². The fraction of sp³-hybridized carbons (Fsp3) is 0. The summed E-state index contributed by atoms with van der Waals surface area (Å²) in [6.45, 7) is 0. The summed E-state index contributed by atoms with van der Waals surface area (Å²) >= 11 is 10.7. The van der Waals surface area contributed by atoms with Crippen molar-refractivity contribution in [2.24, 2.45) is 0 Å². The molecule has 2 rings (SSSR count). The van der Waals surface area contributed by atoms with Gasteiger partial charge in [-0.25, -0.2) is 0 Å². The molecule has 0 bridgehead atoms. The van der Waals surface area contributed by atoms with Gasteiger partial charge < -0.3 is 0 Å². The zero-order valence-corrected chi connectivity index (χ0v) is 13.9. The number of benzene rings is 2. The Morgan fingerprint density at radius 3 is 1.59 bits per heavy atom. The molecule has 0 aliphatic rings. The van der Waals surface area contributed by atoms with Crippen molar-refractivity contribution in [3.05, 3.63) is 72.3 Å². The zero-order chi connectivity index (χ0) is 12.3. The predicted octanol–water partition coefficient (Wildman–Crippen LogP) is 5.52.